The molecule has 0 atom stereocenters. The van der Waals surface area contributed by atoms with Crippen molar-refractivity contribution >= 4 is 34.2 Å². The summed E-state index contributed by atoms with van der Waals surface area (Å²) in [5.74, 6) is 1.37. The molecule has 0 saturated carbocycles. The van der Waals surface area contributed by atoms with E-state index in [1.54, 1.807) is 11.6 Å². The lowest BCUT2D eigenvalue weighted by Gasteiger charge is -2.32. The number of hydrazone groups is 1. The Labute approximate surface area is 134 Å². The molecule has 3 rings (SSSR count). The smallest absolute Gasteiger partial charge is 0.205 e. The van der Waals surface area contributed by atoms with Crippen LogP contribution < -0.4 is 16.1 Å². The molecule has 0 spiro atoms. The zero-order valence-electron chi connectivity index (χ0n) is 12.7. The number of benzene rings is 1. The molecule has 22 heavy (non-hydrogen) atoms. The summed E-state index contributed by atoms with van der Waals surface area (Å²) in [5, 5.41) is 6.67. The second kappa shape index (κ2) is 6.79. The first-order valence-corrected chi connectivity index (χ1v) is 8.44. The molecule has 1 aromatic heterocycles. The van der Waals surface area contributed by atoms with E-state index in [0.29, 0.717) is 10.9 Å². The fourth-order valence-corrected chi connectivity index (χ4v) is 3.09. The Morgan fingerprint density at radius 2 is 2.05 bits per heavy atom. The van der Waals surface area contributed by atoms with Crippen molar-refractivity contribution in [2.45, 2.75) is 19.8 Å². The van der Waals surface area contributed by atoms with Gasteiger partial charge in [0.2, 0.25) is 5.13 Å². The number of nitrogen functional groups attached to an aromatic ring is 1. The third kappa shape index (κ3) is 3.76. The fourth-order valence-electron chi connectivity index (χ4n) is 2.54. The predicted molar refractivity (Wildman–Crippen MR) is 94.8 cm³/mol. The summed E-state index contributed by atoms with van der Waals surface area (Å²) in [6.45, 7) is 4.64. The highest BCUT2D eigenvalue weighted by Crippen LogP contribution is 2.23. The van der Waals surface area contributed by atoms with Gasteiger partial charge in [0.25, 0.3) is 0 Å². The van der Waals surface area contributed by atoms with Gasteiger partial charge < -0.3 is 10.6 Å². The average molecular weight is 315 g/mol. The zero-order chi connectivity index (χ0) is 15.4. The second-order valence-corrected chi connectivity index (χ2v) is 6.57. The quantitative estimate of drug-likeness (QED) is 0.670. The van der Waals surface area contributed by atoms with Crippen LogP contribution in [0, 0.1) is 5.92 Å². The summed E-state index contributed by atoms with van der Waals surface area (Å²) in [4.78, 5) is 6.54. The van der Waals surface area contributed by atoms with Crippen LogP contribution >= 0.6 is 11.3 Å². The number of nitrogens with zero attached hydrogens (tertiary/aromatic N) is 3. The molecule has 5 nitrogen and oxygen atoms in total. The number of thiazole rings is 1. The molecular formula is C16H21N5S. The van der Waals surface area contributed by atoms with Gasteiger partial charge in [0.1, 0.15) is 5.82 Å². The molecule has 0 radical (unpaired) electrons. The largest absolute Gasteiger partial charge is 0.383 e. The molecule has 1 fully saturated rings. The van der Waals surface area contributed by atoms with Crippen LogP contribution in [-0.2, 0) is 0 Å². The molecule has 6 heteroatoms. The highest BCUT2D eigenvalue weighted by atomic mass is 32.1. The van der Waals surface area contributed by atoms with E-state index in [4.69, 9.17) is 5.73 Å². The third-order valence-corrected chi connectivity index (χ3v) is 4.70. The molecule has 0 bridgehead atoms. The molecule has 3 N–H and O–H groups in total. The lowest BCUT2D eigenvalue weighted by Crippen LogP contribution is -2.32. The highest BCUT2D eigenvalue weighted by molar-refractivity contribution is 7.14. The van der Waals surface area contributed by atoms with Gasteiger partial charge in [-0.1, -0.05) is 19.1 Å². The van der Waals surface area contributed by atoms with Crippen LogP contribution in [0.25, 0.3) is 0 Å². The minimum absolute atomic E-state index is 0.517. The maximum atomic E-state index is 5.56. The summed E-state index contributed by atoms with van der Waals surface area (Å²) in [7, 11) is 0. The highest BCUT2D eigenvalue weighted by Gasteiger charge is 2.15. The molecule has 1 aliphatic rings. The van der Waals surface area contributed by atoms with E-state index in [1.807, 2.05) is 0 Å². The van der Waals surface area contributed by atoms with Crippen LogP contribution in [0.1, 0.15) is 25.3 Å². The van der Waals surface area contributed by atoms with E-state index < -0.39 is 0 Å². The van der Waals surface area contributed by atoms with E-state index in [0.717, 1.165) is 24.6 Å². The van der Waals surface area contributed by atoms with Crippen molar-refractivity contribution in [2.24, 2.45) is 11.0 Å². The number of hydrogen-bond acceptors (Lipinski definition) is 6. The Hall–Kier alpha value is -2.08. The summed E-state index contributed by atoms with van der Waals surface area (Å²) in [6, 6.07) is 8.51. The van der Waals surface area contributed by atoms with Crippen LogP contribution in [0.2, 0.25) is 0 Å². The summed E-state index contributed by atoms with van der Waals surface area (Å²) >= 11 is 1.44. The van der Waals surface area contributed by atoms with Crippen molar-refractivity contribution in [1.29, 1.82) is 0 Å². The monoisotopic (exact) mass is 315 g/mol. The van der Waals surface area contributed by atoms with Gasteiger partial charge >= 0.3 is 0 Å². The maximum absolute atomic E-state index is 5.56. The van der Waals surface area contributed by atoms with Gasteiger partial charge in [-0.2, -0.15) is 5.10 Å². The minimum atomic E-state index is 0.517. The fraction of sp³-hybridized carbons (Fsp3) is 0.375. The topological polar surface area (TPSA) is 66.5 Å². The van der Waals surface area contributed by atoms with E-state index in [1.165, 1.54) is 29.9 Å². The third-order valence-electron chi connectivity index (χ3n) is 3.94. The predicted octanol–water partition coefficient (Wildman–Crippen LogP) is 3.41. The first kappa shape index (κ1) is 14.8. The Morgan fingerprint density at radius 3 is 2.68 bits per heavy atom. The first-order chi connectivity index (χ1) is 10.7. The van der Waals surface area contributed by atoms with Crippen molar-refractivity contribution in [3.05, 3.63) is 35.2 Å². The lowest BCUT2D eigenvalue weighted by atomic mass is 9.99. The van der Waals surface area contributed by atoms with Crippen molar-refractivity contribution in [3.63, 3.8) is 0 Å². The van der Waals surface area contributed by atoms with E-state index >= 15 is 0 Å². The Morgan fingerprint density at radius 1 is 1.32 bits per heavy atom. The van der Waals surface area contributed by atoms with Gasteiger partial charge in [0, 0.05) is 24.2 Å². The van der Waals surface area contributed by atoms with Gasteiger partial charge in [-0.3, -0.25) is 5.43 Å². The Bertz CT molecular complexity index is 626. The Kier molecular flexibility index (Phi) is 4.58. The molecule has 0 amide bonds. The molecule has 2 heterocycles. The zero-order valence-corrected chi connectivity index (χ0v) is 13.5. The van der Waals surface area contributed by atoms with Crippen LogP contribution in [0.5, 0.6) is 0 Å². The first-order valence-electron chi connectivity index (χ1n) is 7.56. The Balaban J connectivity index is 1.57. The standard InChI is InChI=1S/C16H21N5S/c1-12-6-8-21(9-7-12)14-4-2-13(3-5-14)10-18-20-16-19-15(17)11-22-16/h2-5,10-12H,6-9,17H2,1H3,(H,19,20). The maximum Gasteiger partial charge on any atom is 0.205 e. The molecule has 116 valence electrons. The van der Waals surface area contributed by atoms with Crippen LogP contribution in [0.3, 0.4) is 0 Å². The summed E-state index contributed by atoms with van der Waals surface area (Å²) < 4.78 is 0. The van der Waals surface area contributed by atoms with Crippen molar-refractivity contribution in [2.75, 3.05) is 29.1 Å². The lowest BCUT2D eigenvalue weighted by molar-refractivity contribution is 0.438. The van der Waals surface area contributed by atoms with Gasteiger partial charge in [0.15, 0.2) is 0 Å². The number of nitrogens with two attached hydrogens (primary N) is 1. The van der Waals surface area contributed by atoms with Gasteiger partial charge in [-0.15, -0.1) is 11.3 Å². The van der Waals surface area contributed by atoms with Crippen LogP contribution in [0.4, 0.5) is 16.6 Å². The molecule has 1 aliphatic heterocycles. The van der Waals surface area contributed by atoms with Crippen molar-refractivity contribution in [3.8, 4) is 0 Å². The molecule has 2 aromatic rings. The summed E-state index contributed by atoms with van der Waals surface area (Å²) in [6.07, 6.45) is 4.35. The van der Waals surface area contributed by atoms with Crippen LogP contribution in [-0.4, -0.2) is 24.3 Å². The molecule has 1 saturated heterocycles. The van der Waals surface area contributed by atoms with Gasteiger partial charge in [-0.25, -0.2) is 4.98 Å². The van der Waals surface area contributed by atoms with Crippen molar-refractivity contribution < 1.29 is 0 Å². The number of anilines is 3. The van der Waals surface area contributed by atoms with Gasteiger partial charge in [0.05, 0.1) is 6.21 Å². The van der Waals surface area contributed by atoms with Crippen LogP contribution in [0.15, 0.2) is 34.7 Å². The number of aromatic nitrogens is 1. The molecule has 0 unspecified atom stereocenters. The van der Waals surface area contributed by atoms with E-state index in [9.17, 15) is 0 Å². The number of hydrogen-bond donors (Lipinski definition) is 2. The molecule has 1 aromatic carbocycles. The number of rotatable bonds is 4. The van der Waals surface area contributed by atoms with E-state index in [-0.39, 0.29) is 0 Å². The minimum Gasteiger partial charge on any atom is -0.383 e. The normalized spacial score (nSPS) is 16.3. The second-order valence-electron chi connectivity index (χ2n) is 5.71. The number of nitrogens with one attached hydrogen (secondary N) is 1. The summed E-state index contributed by atoms with van der Waals surface area (Å²) in [5.41, 5.74) is 10.8. The SMILES string of the molecule is CC1CCN(c2ccc(C=NNc3nc(N)cs3)cc2)CC1. The average Bonchev–Trinajstić information content (AvgIpc) is 2.94. The molecular weight excluding hydrogens is 294 g/mol. The number of piperidine rings is 1. The van der Waals surface area contributed by atoms with E-state index in [2.05, 4.69) is 51.6 Å². The molecule has 0 aliphatic carbocycles. The van der Waals surface area contributed by atoms with Crippen molar-refractivity contribution in [1.82, 2.24) is 4.98 Å². The van der Waals surface area contributed by atoms with Gasteiger partial charge in [-0.05, 0) is 36.5 Å².